The lowest BCUT2D eigenvalue weighted by Gasteiger charge is -2.27. The minimum absolute atomic E-state index is 0.101. The van der Waals surface area contributed by atoms with E-state index in [2.05, 4.69) is 10.6 Å². The Bertz CT molecular complexity index is 945. The second-order valence-electron chi connectivity index (χ2n) is 8.96. The van der Waals surface area contributed by atoms with E-state index in [1.165, 1.54) is 12.8 Å². The van der Waals surface area contributed by atoms with Crippen LogP contribution in [0.2, 0.25) is 0 Å². The summed E-state index contributed by atoms with van der Waals surface area (Å²) in [6.07, 6.45) is 10.1. The molecule has 184 valence electrons. The smallest absolute Gasteiger partial charge is 0.303 e. The molecule has 0 radical (unpaired) electrons. The molecule has 0 aliphatic carbocycles. The molecule has 9 heteroatoms. The zero-order valence-corrected chi connectivity index (χ0v) is 19.4. The quantitative estimate of drug-likeness (QED) is 0.279. The minimum atomic E-state index is -0.953. The summed E-state index contributed by atoms with van der Waals surface area (Å²) in [4.78, 5) is 60.5. The van der Waals surface area contributed by atoms with Crippen LogP contribution < -0.4 is 10.6 Å². The van der Waals surface area contributed by atoms with Crippen LogP contribution in [0.15, 0.2) is 18.2 Å². The molecule has 3 N–H and O–H groups in total. The predicted molar refractivity (Wildman–Crippen MR) is 125 cm³/mol. The Morgan fingerprint density at radius 3 is 2.18 bits per heavy atom. The lowest BCUT2D eigenvalue weighted by molar-refractivity contribution is -0.138. The van der Waals surface area contributed by atoms with Crippen LogP contribution in [-0.2, 0) is 14.4 Å². The van der Waals surface area contributed by atoms with Gasteiger partial charge in [-0.05, 0) is 37.5 Å². The molecule has 0 aromatic heterocycles. The van der Waals surface area contributed by atoms with Crippen LogP contribution in [0.5, 0.6) is 0 Å². The van der Waals surface area contributed by atoms with Crippen molar-refractivity contribution in [2.24, 2.45) is 0 Å². The third-order valence-corrected chi connectivity index (χ3v) is 6.34. The SMILES string of the molecule is O=C(O)CCCCCCCCCCCNc1ccc2c(c1)C(=O)N(C1CCC(=O)NC1=O)C2=O. The third-order valence-electron chi connectivity index (χ3n) is 6.34. The molecule has 4 amide bonds. The van der Waals surface area contributed by atoms with Crippen LogP contribution in [-0.4, -0.2) is 52.2 Å². The minimum Gasteiger partial charge on any atom is -0.481 e. The van der Waals surface area contributed by atoms with Crippen molar-refractivity contribution in [3.63, 3.8) is 0 Å². The van der Waals surface area contributed by atoms with E-state index in [1.807, 2.05) is 0 Å². The number of fused-ring (bicyclic) bond motifs is 1. The summed E-state index contributed by atoms with van der Waals surface area (Å²) in [5, 5.41) is 14.1. The van der Waals surface area contributed by atoms with Crippen molar-refractivity contribution in [2.45, 2.75) is 83.1 Å². The number of nitrogens with zero attached hydrogens (tertiary/aromatic N) is 1. The summed E-state index contributed by atoms with van der Waals surface area (Å²) in [7, 11) is 0. The number of amides is 4. The average Bonchev–Trinajstić information content (AvgIpc) is 3.04. The summed E-state index contributed by atoms with van der Waals surface area (Å²) < 4.78 is 0. The molecule has 0 bridgehead atoms. The van der Waals surface area contributed by atoms with Gasteiger partial charge in [-0.15, -0.1) is 0 Å². The zero-order valence-electron chi connectivity index (χ0n) is 19.4. The Morgan fingerprint density at radius 1 is 0.912 bits per heavy atom. The van der Waals surface area contributed by atoms with Gasteiger partial charge >= 0.3 is 5.97 Å². The number of aliphatic carboxylic acids is 1. The lowest BCUT2D eigenvalue weighted by Crippen LogP contribution is -2.54. The van der Waals surface area contributed by atoms with Crippen LogP contribution in [0.3, 0.4) is 0 Å². The number of piperidine rings is 1. The Labute approximate surface area is 199 Å². The Balaban J connectivity index is 1.36. The number of hydrogen-bond acceptors (Lipinski definition) is 6. The Morgan fingerprint density at radius 2 is 1.53 bits per heavy atom. The molecule has 1 fully saturated rings. The molecule has 2 heterocycles. The first-order valence-corrected chi connectivity index (χ1v) is 12.2. The molecule has 3 rings (SSSR count). The molecule has 0 saturated carbocycles. The van der Waals surface area contributed by atoms with Gasteiger partial charge in [0.1, 0.15) is 6.04 Å². The number of unbranched alkanes of at least 4 members (excludes halogenated alkanes) is 8. The first-order valence-electron chi connectivity index (χ1n) is 12.2. The van der Waals surface area contributed by atoms with E-state index in [4.69, 9.17) is 5.11 Å². The highest BCUT2D eigenvalue weighted by atomic mass is 16.4. The van der Waals surface area contributed by atoms with Gasteiger partial charge in [0.2, 0.25) is 11.8 Å². The maximum atomic E-state index is 12.9. The van der Waals surface area contributed by atoms with Gasteiger partial charge in [-0.1, -0.05) is 44.9 Å². The fourth-order valence-electron chi connectivity index (χ4n) is 4.45. The number of hydrogen-bond donors (Lipinski definition) is 3. The molecule has 1 aromatic carbocycles. The van der Waals surface area contributed by atoms with Crippen molar-refractivity contribution in [1.82, 2.24) is 10.2 Å². The van der Waals surface area contributed by atoms with Crippen molar-refractivity contribution in [2.75, 3.05) is 11.9 Å². The van der Waals surface area contributed by atoms with Gasteiger partial charge in [0, 0.05) is 25.1 Å². The Kier molecular flexibility index (Phi) is 9.18. The van der Waals surface area contributed by atoms with Crippen molar-refractivity contribution < 1.29 is 29.1 Å². The van der Waals surface area contributed by atoms with Gasteiger partial charge in [-0.2, -0.15) is 0 Å². The van der Waals surface area contributed by atoms with Crippen LogP contribution in [0, 0.1) is 0 Å². The highest BCUT2D eigenvalue weighted by Crippen LogP contribution is 2.29. The van der Waals surface area contributed by atoms with Gasteiger partial charge in [0.15, 0.2) is 0 Å². The largest absolute Gasteiger partial charge is 0.481 e. The molecule has 2 aliphatic heterocycles. The second-order valence-corrected chi connectivity index (χ2v) is 8.96. The molecule has 9 nitrogen and oxygen atoms in total. The van der Waals surface area contributed by atoms with Gasteiger partial charge in [0.25, 0.3) is 11.8 Å². The van der Waals surface area contributed by atoms with Crippen molar-refractivity contribution in [1.29, 1.82) is 0 Å². The summed E-state index contributed by atoms with van der Waals surface area (Å²) in [6, 6.07) is 4.08. The number of anilines is 1. The topological polar surface area (TPSA) is 133 Å². The zero-order chi connectivity index (χ0) is 24.5. The molecule has 1 saturated heterocycles. The molecule has 1 atom stereocenters. The van der Waals surface area contributed by atoms with E-state index in [0.717, 1.165) is 62.1 Å². The monoisotopic (exact) mass is 471 g/mol. The van der Waals surface area contributed by atoms with E-state index in [1.54, 1.807) is 18.2 Å². The second kappa shape index (κ2) is 12.3. The lowest BCUT2D eigenvalue weighted by atomic mass is 10.0. The maximum absolute atomic E-state index is 12.9. The van der Waals surface area contributed by atoms with E-state index >= 15 is 0 Å². The van der Waals surface area contributed by atoms with Crippen LogP contribution in [0.25, 0.3) is 0 Å². The summed E-state index contributed by atoms with van der Waals surface area (Å²) in [6.45, 7) is 0.757. The number of carboxylic acids is 1. The number of imide groups is 2. The average molecular weight is 472 g/mol. The maximum Gasteiger partial charge on any atom is 0.303 e. The van der Waals surface area contributed by atoms with Gasteiger partial charge in [-0.25, -0.2) is 0 Å². The summed E-state index contributed by atoms with van der Waals surface area (Å²) >= 11 is 0. The standard InChI is InChI=1S/C25H33N3O6/c29-21-14-13-20(23(32)27-21)28-24(33)18-12-11-17(16-19(18)25(28)34)26-15-9-7-5-3-1-2-4-6-8-10-22(30)31/h11-12,16,20,26H,1-10,13-15H2,(H,30,31)(H,27,29,32). The van der Waals surface area contributed by atoms with E-state index in [0.29, 0.717) is 0 Å². The molecule has 1 aromatic rings. The number of carboxylic acid groups (broad SMARTS) is 1. The highest BCUT2D eigenvalue weighted by molar-refractivity contribution is 6.23. The van der Waals surface area contributed by atoms with Gasteiger partial charge in [-0.3, -0.25) is 34.2 Å². The first-order chi connectivity index (χ1) is 16.4. The Hall–Kier alpha value is -3.23. The van der Waals surface area contributed by atoms with Crippen LogP contribution >= 0.6 is 0 Å². The van der Waals surface area contributed by atoms with E-state index in [-0.39, 0.29) is 30.4 Å². The normalized spacial score (nSPS) is 17.6. The molecule has 1 unspecified atom stereocenters. The molecular weight excluding hydrogens is 438 g/mol. The van der Waals surface area contributed by atoms with Gasteiger partial charge < -0.3 is 10.4 Å². The van der Waals surface area contributed by atoms with Crippen molar-refractivity contribution in [3.05, 3.63) is 29.3 Å². The number of carbonyl (C=O) groups is 5. The van der Waals surface area contributed by atoms with Crippen LogP contribution in [0.4, 0.5) is 5.69 Å². The van der Waals surface area contributed by atoms with E-state index < -0.39 is 35.6 Å². The molecule has 0 spiro atoms. The fourth-order valence-corrected chi connectivity index (χ4v) is 4.45. The fraction of sp³-hybridized carbons (Fsp3) is 0.560. The highest BCUT2D eigenvalue weighted by Gasteiger charge is 2.44. The number of rotatable bonds is 14. The first kappa shape index (κ1) is 25.4. The molecule has 34 heavy (non-hydrogen) atoms. The van der Waals surface area contributed by atoms with Crippen molar-refractivity contribution >= 4 is 35.3 Å². The number of nitrogens with one attached hydrogen (secondary N) is 2. The predicted octanol–water partition coefficient (Wildman–Crippen LogP) is 3.49. The van der Waals surface area contributed by atoms with E-state index in [9.17, 15) is 24.0 Å². The molecular formula is C25H33N3O6. The van der Waals surface area contributed by atoms with Gasteiger partial charge in [0.05, 0.1) is 11.1 Å². The third kappa shape index (κ3) is 6.65. The molecule has 2 aliphatic rings. The number of carbonyl (C=O) groups excluding carboxylic acids is 4. The summed E-state index contributed by atoms with van der Waals surface area (Å²) in [5.74, 6) is -2.72. The van der Waals surface area contributed by atoms with Crippen LogP contribution in [0.1, 0.15) is 97.8 Å². The number of benzene rings is 1. The summed E-state index contributed by atoms with van der Waals surface area (Å²) in [5.41, 5.74) is 1.32. The van der Waals surface area contributed by atoms with Crippen molar-refractivity contribution in [3.8, 4) is 0 Å².